The van der Waals surface area contributed by atoms with Gasteiger partial charge in [0.15, 0.2) is 0 Å². The monoisotopic (exact) mass is 395 g/mol. The molecule has 0 aliphatic carbocycles. The van der Waals surface area contributed by atoms with Crippen molar-refractivity contribution < 1.29 is 13.2 Å². The molecule has 6 nitrogen and oxygen atoms in total. The Balaban J connectivity index is 1.69. The molecule has 0 unspecified atom stereocenters. The number of pyridine rings is 1. The Morgan fingerprint density at radius 2 is 1.75 bits per heavy atom. The van der Waals surface area contributed by atoms with E-state index in [1.54, 1.807) is 24.5 Å². The topological polar surface area (TPSA) is 88.2 Å². The summed E-state index contributed by atoms with van der Waals surface area (Å²) in [7, 11) is -3.68. The highest BCUT2D eigenvalue weighted by Crippen LogP contribution is 2.17. The lowest BCUT2D eigenvalue weighted by atomic mass is 10.1. The Morgan fingerprint density at radius 1 is 1.00 bits per heavy atom. The summed E-state index contributed by atoms with van der Waals surface area (Å²) in [6, 6.07) is 17.0. The zero-order chi connectivity index (χ0) is 20.0. The molecule has 0 aliphatic rings. The number of aryl methyl sites for hydroxylation is 1. The van der Waals surface area contributed by atoms with E-state index in [0.29, 0.717) is 5.56 Å². The highest BCUT2D eigenvalue weighted by Gasteiger charge is 2.15. The van der Waals surface area contributed by atoms with E-state index in [4.69, 9.17) is 0 Å². The highest BCUT2D eigenvalue weighted by molar-refractivity contribution is 7.89. The van der Waals surface area contributed by atoms with Crippen LogP contribution in [0.3, 0.4) is 0 Å². The molecule has 1 amide bonds. The number of para-hydroxylation sites is 1. The Morgan fingerprint density at radius 3 is 2.43 bits per heavy atom. The van der Waals surface area contributed by atoms with Crippen LogP contribution in [0.4, 0.5) is 5.69 Å². The Hall–Kier alpha value is -3.03. The normalized spacial score (nSPS) is 11.2. The van der Waals surface area contributed by atoms with E-state index in [0.717, 1.165) is 23.2 Å². The lowest BCUT2D eigenvalue weighted by molar-refractivity contribution is 0.102. The number of sulfonamides is 1. The lowest BCUT2D eigenvalue weighted by Gasteiger charge is -2.10. The van der Waals surface area contributed by atoms with Gasteiger partial charge in [-0.2, -0.15) is 0 Å². The molecule has 0 atom stereocenters. The second-order valence-electron chi connectivity index (χ2n) is 6.18. The van der Waals surface area contributed by atoms with Crippen LogP contribution in [-0.4, -0.2) is 19.3 Å². The molecule has 2 N–H and O–H groups in total. The maximum atomic E-state index is 12.5. The van der Waals surface area contributed by atoms with Crippen LogP contribution in [-0.2, 0) is 23.0 Å². The van der Waals surface area contributed by atoms with Crippen LogP contribution < -0.4 is 10.0 Å². The van der Waals surface area contributed by atoms with Gasteiger partial charge in [-0.1, -0.05) is 31.2 Å². The molecule has 0 spiro atoms. The molecule has 1 aromatic heterocycles. The average Bonchev–Trinajstić information content (AvgIpc) is 2.73. The Kier molecular flexibility index (Phi) is 6.18. The lowest BCUT2D eigenvalue weighted by Crippen LogP contribution is -2.23. The van der Waals surface area contributed by atoms with E-state index in [1.807, 2.05) is 31.2 Å². The van der Waals surface area contributed by atoms with Crippen molar-refractivity contribution in [2.45, 2.75) is 24.8 Å². The van der Waals surface area contributed by atoms with E-state index >= 15 is 0 Å². The molecule has 0 saturated heterocycles. The summed E-state index contributed by atoms with van der Waals surface area (Å²) in [6.45, 7) is 2.16. The molecule has 0 saturated carbocycles. The molecule has 0 bridgehead atoms. The van der Waals surface area contributed by atoms with Gasteiger partial charge in [0.2, 0.25) is 10.0 Å². The number of rotatable bonds is 7. The van der Waals surface area contributed by atoms with Gasteiger partial charge in [0, 0.05) is 30.2 Å². The van der Waals surface area contributed by atoms with Crippen molar-refractivity contribution in [3.05, 3.63) is 89.7 Å². The second-order valence-corrected chi connectivity index (χ2v) is 7.94. The van der Waals surface area contributed by atoms with Crippen molar-refractivity contribution in [2.75, 3.05) is 5.32 Å². The van der Waals surface area contributed by atoms with Crippen LogP contribution in [0.25, 0.3) is 0 Å². The molecule has 2 aromatic carbocycles. The molecule has 3 aromatic rings. The average molecular weight is 395 g/mol. The smallest absolute Gasteiger partial charge is 0.255 e. The molecule has 28 heavy (non-hydrogen) atoms. The van der Waals surface area contributed by atoms with Gasteiger partial charge in [-0.25, -0.2) is 13.1 Å². The van der Waals surface area contributed by atoms with E-state index in [2.05, 4.69) is 15.0 Å². The maximum Gasteiger partial charge on any atom is 0.255 e. The summed E-state index contributed by atoms with van der Waals surface area (Å²) in [6.07, 6.45) is 4.03. The predicted octanol–water partition coefficient (Wildman–Crippen LogP) is 3.37. The largest absolute Gasteiger partial charge is 0.322 e. The fraction of sp³-hybridized carbons (Fsp3) is 0.143. The minimum absolute atomic E-state index is 0.0990. The standard InChI is InChI=1S/C21H21N3O3S/c1-2-17-7-3-4-8-20(17)24-21(25)18-9-11-19(12-10-18)28(26,27)23-15-16-6-5-13-22-14-16/h3-14,23H,2,15H2,1H3,(H,24,25). The van der Waals surface area contributed by atoms with Gasteiger partial charge < -0.3 is 5.32 Å². The van der Waals surface area contributed by atoms with Gasteiger partial charge >= 0.3 is 0 Å². The van der Waals surface area contributed by atoms with Gasteiger partial charge in [0.1, 0.15) is 0 Å². The molecule has 144 valence electrons. The van der Waals surface area contributed by atoms with Crippen molar-refractivity contribution in [1.29, 1.82) is 0 Å². The van der Waals surface area contributed by atoms with Gasteiger partial charge in [0.25, 0.3) is 5.91 Å². The first-order valence-corrected chi connectivity index (χ1v) is 10.4. The Bertz CT molecular complexity index is 1050. The van der Waals surface area contributed by atoms with Gasteiger partial charge in [0.05, 0.1) is 4.90 Å². The van der Waals surface area contributed by atoms with Crippen LogP contribution in [0.15, 0.2) is 78.0 Å². The van der Waals surface area contributed by atoms with Crippen LogP contribution in [0.2, 0.25) is 0 Å². The molecule has 0 fully saturated rings. The summed E-state index contributed by atoms with van der Waals surface area (Å²) in [5.74, 6) is -0.284. The summed E-state index contributed by atoms with van der Waals surface area (Å²) in [5, 5.41) is 2.87. The number of aromatic nitrogens is 1. The van der Waals surface area contributed by atoms with Crippen LogP contribution in [0.1, 0.15) is 28.4 Å². The summed E-state index contributed by atoms with van der Waals surface area (Å²) < 4.78 is 27.4. The van der Waals surface area contributed by atoms with Crippen molar-refractivity contribution in [3.63, 3.8) is 0 Å². The zero-order valence-electron chi connectivity index (χ0n) is 15.4. The molecule has 7 heteroatoms. The number of hydrogen-bond donors (Lipinski definition) is 2. The van der Waals surface area contributed by atoms with E-state index in [-0.39, 0.29) is 17.3 Å². The number of amides is 1. The van der Waals surface area contributed by atoms with Gasteiger partial charge in [-0.3, -0.25) is 9.78 Å². The fourth-order valence-corrected chi connectivity index (χ4v) is 3.71. The SMILES string of the molecule is CCc1ccccc1NC(=O)c1ccc(S(=O)(=O)NCc2cccnc2)cc1. The first kappa shape index (κ1) is 19.7. The summed E-state index contributed by atoms with van der Waals surface area (Å²) >= 11 is 0. The predicted molar refractivity (Wildman–Crippen MR) is 108 cm³/mol. The van der Waals surface area contributed by atoms with E-state index < -0.39 is 10.0 Å². The molecule has 3 rings (SSSR count). The first-order chi connectivity index (χ1) is 13.5. The molecule has 0 radical (unpaired) electrons. The number of nitrogens with zero attached hydrogens (tertiary/aromatic N) is 1. The number of benzene rings is 2. The molecule has 1 heterocycles. The number of carbonyl (C=O) groups excluding carboxylic acids is 1. The van der Waals surface area contributed by atoms with E-state index in [9.17, 15) is 13.2 Å². The van der Waals surface area contributed by atoms with Crippen LogP contribution in [0, 0.1) is 0 Å². The summed E-state index contributed by atoms with van der Waals surface area (Å²) in [4.78, 5) is 16.5. The maximum absolute atomic E-state index is 12.5. The third kappa shape index (κ3) is 4.82. The minimum Gasteiger partial charge on any atom is -0.322 e. The van der Waals surface area contributed by atoms with Crippen molar-refractivity contribution in [2.24, 2.45) is 0 Å². The summed E-state index contributed by atoms with van der Waals surface area (Å²) in [5.41, 5.74) is 2.94. The second kappa shape index (κ2) is 8.77. The van der Waals surface area contributed by atoms with Crippen LogP contribution in [0.5, 0.6) is 0 Å². The minimum atomic E-state index is -3.68. The zero-order valence-corrected chi connectivity index (χ0v) is 16.2. The van der Waals surface area contributed by atoms with Crippen molar-refractivity contribution in [1.82, 2.24) is 9.71 Å². The molecular formula is C21H21N3O3S. The quantitative estimate of drug-likeness (QED) is 0.642. The molecular weight excluding hydrogens is 374 g/mol. The van der Waals surface area contributed by atoms with Crippen LogP contribution >= 0.6 is 0 Å². The van der Waals surface area contributed by atoms with Crippen molar-refractivity contribution in [3.8, 4) is 0 Å². The number of nitrogens with one attached hydrogen (secondary N) is 2. The highest BCUT2D eigenvalue weighted by atomic mass is 32.2. The van der Waals surface area contributed by atoms with Gasteiger partial charge in [-0.15, -0.1) is 0 Å². The third-order valence-electron chi connectivity index (χ3n) is 4.26. The third-order valence-corrected chi connectivity index (χ3v) is 5.68. The van der Waals surface area contributed by atoms with E-state index in [1.165, 1.54) is 24.3 Å². The van der Waals surface area contributed by atoms with Crippen molar-refractivity contribution >= 4 is 21.6 Å². The number of carbonyl (C=O) groups is 1. The number of anilines is 1. The first-order valence-electron chi connectivity index (χ1n) is 8.87. The number of hydrogen-bond acceptors (Lipinski definition) is 4. The Labute approximate surface area is 164 Å². The van der Waals surface area contributed by atoms with Gasteiger partial charge in [-0.05, 0) is 53.9 Å². The fourth-order valence-electron chi connectivity index (χ4n) is 2.69. The molecule has 0 aliphatic heterocycles.